The molecule has 4 nitrogen and oxygen atoms in total. The maximum atomic E-state index is 11.8. The molecule has 0 aliphatic carbocycles. The number of aryl methyl sites for hydroxylation is 1. The summed E-state index contributed by atoms with van der Waals surface area (Å²) in [6.45, 7) is 1.74. The molecule has 0 radical (unpaired) electrons. The van der Waals surface area contributed by atoms with Crippen LogP contribution in [-0.2, 0) is 16.0 Å². The molecule has 2 aromatic carbocycles. The second-order valence-corrected chi connectivity index (χ2v) is 4.54. The van der Waals surface area contributed by atoms with Crippen LogP contribution in [0.3, 0.4) is 0 Å². The second kappa shape index (κ2) is 7.24. The molecule has 0 saturated heterocycles. The number of carbonyl (C=O) groups excluding carboxylic acids is 2. The van der Waals surface area contributed by atoms with Crippen LogP contribution in [0.5, 0.6) is 0 Å². The summed E-state index contributed by atoms with van der Waals surface area (Å²) in [6, 6.07) is 16.2. The van der Waals surface area contributed by atoms with Gasteiger partial charge in [0.1, 0.15) is 0 Å². The van der Waals surface area contributed by atoms with Crippen molar-refractivity contribution in [1.82, 2.24) is 0 Å². The van der Waals surface area contributed by atoms with Gasteiger partial charge in [-0.05, 0) is 36.2 Å². The van der Waals surface area contributed by atoms with Crippen LogP contribution < -0.4 is 5.32 Å². The Labute approximate surface area is 123 Å². The van der Waals surface area contributed by atoms with E-state index in [1.807, 2.05) is 37.3 Å². The van der Waals surface area contributed by atoms with E-state index in [1.54, 1.807) is 24.3 Å². The number of rotatable bonds is 5. The zero-order valence-corrected chi connectivity index (χ0v) is 11.8. The van der Waals surface area contributed by atoms with Crippen molar-refractivity contribution < 1.29 is 14.3 Å². The Hall–Kier alpha value is -2.62. The van der Waals surface area contributed by atoms with Crippen molar-refractivity contribution in [2.45, 2.75) is 13.3 Å². The highest BCUT2D eigenvalue weighted by Crippen LogP contribution is 2.07. The maximum Gasteiger partial charge on any atom is 0.338 e. The molecule has 21 heavy (non-hydrogen) atoms. The van der Waals surface area contributed by atoms with Crippen LogP contribution in [0, 0.1) is 0 Å². The Balaban J connectivity index is 1.84. The first-order valence-electron chi connectivity index (χ1n) is 6.80. The van der Waals surface area contributed by atoms with E-state index >= 15 is 0 Å². The third kappa shape index (κ3) is 4.45. The molecule has 1 N–H and O–H groups in total. The first-order chi connectivity index (χ1) is 10.2. The quantitative estimate of drug-likeness (QED) is 0.858. The summed E-state index contributed by atoms with van der Waals surface area (Å²) in [5, 5.41) is 2.65. The summed E-state index contributed by atoms with van der Waals surface area (Å²) >= 11 is 0. The summed E-state index contributed by atoms with van der Waals surface area (Å²) in [7, 11) is 0. The van der Waals surface area contributed by atoms with Crippen LogP contribution in [-0.4, -0.2) is 18.5 Å². The van der Waals surface area contributed by atoms with E-state index in [0.29, 0.717) is 11.3 Å². The third-order valence-corrected chi connectivity index (χ3v) is 2.99. The first kappa shape index (κ1) is 14.8. The molecule has 0 unspecified atom stereocenters. The maximum absolute atomic E-state index is 11.8. The summed E-state index contributed by atoms with van der Waals surface area (Å²) in [5.74, 6) is -0.861. The van der Waals surface area contributed by atoms with Gasteiger partial charge in [-0.3, -0.25) is 4.79 Å². The smallest absolute Gasteiger partial charge is 0.338 e. The molecule has 0 fully saturated rings. The molecule has 0 heterocycles. The van der Waals surface area contributed by atoms with Gasteiger partial charge in [0.05, 0.1) is 5.56 Å². The molecule has 0 saturated carbocycles. The van der Waals surface area contributed by atoms with E-state index < -0.39 is 5.97 Å². The number of anilines is 1. The Morgan fingerprint density at radius 2 is 1.67 bits per heavy atom. The number of carbonyl (C=O) groups is 2. The van der Waals surface area contributed by atoms with Crippen molar-refractivity contribution >= 4 is 17.6 Å². The number of esters is 1. The fourth-order valence-electron chi connectivity index (χ4n) is 1.81. The van der Waals surface area contributed by atoms with Crippen molar-refractivity contribution in [3.63, 3.8) is 0 Å². The molecule has 0 aliphatic heterocycles. The normalized spacial score (nSPS) is 9.95. The highest BCUT2D eigenvalue weighted by atomic mass is 16.5. The highest BCUT2D eigenvalue weighted by Gasteiger charge is 2.10. The summed E-state index contributed by atoms with van der Waals surface area (Å²) in [5.41, 5.74) is 2.26. The molecule has 2 aromatic rings. The van der Waals surface area contributed by atoms with E-state index in [9.17, 15) is 9.59 Å². The van der Waals surface area contributed by atoms with Gasteiger partial charge in [0, 0.05) is 5.69 Å². The van der Waals surface area contributed by atoms with E-state index in [2.05, 4.69) is 5.32 Å². The number of benzene rings is 2. The highest BCUT2D eigenvalue weighted by molar-refractivity contribution is 5.95. The summed E-state index contributed by atoms with van der Waals surface area (Å²) in [4.78, 5) is 23.5. The Morgan fingerprint density at radius 3 is 2.29 bits per heavy atom. The average molecular weight is 283 g/mol. The number of hydrogen-bond donors (Lipinski definition) is 1. The van der Waals surface area contributed by atoms with Crippen LogP contribution in [0.15, 0.2) is 54.6 Å². The zero-order valence-electron chi connectivity index (χ0n) is 11.8. The number of hydrogen-bond acceptors (Lipinski definition) is 3. The topological polar surface area (TPSA) is 55.4 Å². The molecule has 0 spiro atoms. The lowest BCUT2D eigenvalue weighted by molar-refractivity contribution is -0.119. The summed E-state index contributed by atoms with van der Waals surface area (Å²) in [6.07, 6.45) is 0.912. The third-order valence-electron chi connectivity index (χ3n) is 2.99. The van der Waals surface area contributed by atoms with Crippen LogP contribution >= 0.6 is 0 Å². The minimum absolute atomic E-state index is 0.302. The largest absolute Gasteiger partial charge is 0.452 e. The molecular weight excluding hydrogens is 266 g/mol. The Kier molecular flexibility index (Phi) is 5.10. The van der Waals surface area contributed by atoms with E-state index in [-0.39, 0.29) is 12.5 Å². The van der Waals surface area contributed by atoms with Gasteiger partial charge >= 0.3 is 5.97 Å². The lowest BCUT2D eigenvalue weighted by Gasteiger charge is -2.07. The minimum Gasteiger partial charge on any atom is -0.452 e. The van der Waals surface area contributed by atoms with Crippen LogP contribution in [0.25, 0.3) is 0 Å². The van der Waals surface area contributed by atoms with Gasteiger partial charge < -0.3 is 10.1 Å². The van der Waals surface area contributed by atoms with Gasteiger partial charge in [-0.2, -0.15) is 0 Å². The molecular formula is C17H17NO3. The van der Waals surface area contributed by atoms with Crippen molar-refractivity contribution in [1.29, 1.82) is 0 Å². The molecule has 0 aromatic heterocycles. The lowest BCUT2D eigenvalue weighted by atomic mass is 10.1. The van der Waals surface area contributed by atoms with Crippen molar-refractivity contribution in [2.75, 3.05) is 11.9 Å². The minimum atomic E-state index is -0.499. The molecule has 0 bridgehead atoms. The van der Waals surface area contributed by atoms with Crippen molar-refractivity contribution in [3.8, 4) is 0 Å². The van der Waals surface area contributed by atoms with Crippen LogP contribution in [0.4, 0.5) is 5.69 Å². The zero-order chi connectivity index (χ0) is 15.1. The molecule has 4 heteroatoms. The van der Waals surface area contributed by atoms with Gasteiger partial charge in [-0.1, -0.05) is 37.3 Å². The number of ether oxygens (including phenoxy) is 1. The molecule has 0 aliphatic rings. The lowest BCUT2D eigenvalue weighted by Crippen LogP contribution is -2.20. The van der Waals surface area contributed by atoms with E-state index in [0.717, 1.165) is 12.0 Å². The van der Waals surface area contributed by atoms with Crippen molar-refractivity contribution in [2.24, 2.45) is 0 Å². The summed E-state index contributed by atoms with van der Waals surface area (Å²) < 4.78 is 4.98. The van der Waals surface area contributed by atoms with Gasteiger partial charge in [-0.25, -0.2) is 4.79 Å². The van der Waals surface area contributed by atoms with Gasteiger partial charge in [0.2, 0.25) is 0 Å². The average Bonchev–Trinajstić information content (AvgIpc) is 2.53. The SMILES string of the molecule is CCc1ccc(C(=O)OCC(=O)Nc2ccccc2)cc1. The predicted molar refractivity (Wildman–Crippen MR) is 81.2 cm³/mol. The van der Waals surface area contributed by atoms with E-state index in [1.165, 1.54) is 0 Å². The monoisotopic (exact) mass is 283 g/mol. The Morgan fingerprint density at radius 1 is 1.00 bits per heavy atom. The Bertz CT molecular complexity index is 606. The standard InChI is InChI=1S/C17H17NO3/c1-2-13-8-10-14(11-9-13)17(20)21-12-16(19)18-15-6-4-3-5-7-15/h3-11H,2,12H2,1H3,(H,18,19). The fraction of sp³-hybridized carbons (Fsp3) is 0.176. The molecule has 1 amide bonds. The van der Waals surface area contributed by atoms with Crippen LogP contribution in [0.2, 0.25) is 0 Å². The first-order valence-corrected chi connectivity index (χ1v) is 6.80. The number of amides is 1. The predicted octanol–water partition coefficient (Wildman–Crippen LogP) is 3.04. The van der Waals surface area contributed by atoms with Crippen molar-refractivity contribution in [3.05, 3.63) is 65.7 Å². The molecule has 0 atom stereocenters. The van der Waals surface area contributed by atoms with Gasteiger partial charge in [0.15, 0.2) is 6.61 Å². The molecule has 108 valence electrons. The van der Waals surface area contributed by atoms with E-state index in [4.69, 9.17) is 4.74 Å². The number of para-hydroxylation sites is 1. The fourth-order valence-corrected chi connectivity index (χ4v) is 1.81. The van der Waals surface area contributed by atoms with Gasteiger partial charge in [0.25, 0.3) is 5.91 Å². The van der Waals surface area contributed by atoms with Crippen LogP contribution in [0.1, 0.15) is 22.8 Å². The molecule has 2 rings (SSSR count). The second-order valence-electron chi connectivity index (χ2n) is 4.54. The van der Waals surface area contributed by atoms with Gasteiger partial charge in [-0.15, -0.1) is 0 Å². The number of nitrogens with one attached hydrogen (secondary N) is 1.